The number of carbonyl (C=O) groups is 1. The van der Waals surface area contributed by atoms with E-state index in [2.05, 4.69) is 5.32 Å². The molecule has 4 nitrogen and oxygen atoms in total. The molecule has 2 aromatic rings. The van der Waals surface area contributed by atoms with E-state index in [1.54, 1.807) is 0 Å². The third-order valence-corrected chi connectivity index (χ3v) is 3.59. The van der Waals surface area contributed by atoms with Crippen molar-refractivity contribution < 1.29 is 31.8 Å². The van der Waals surface area contributed by atoms with Crippen LogP contribution >= 0.6 is 11.6 Å². The van der Waals surface area contributed by atoms with Gasteiger partial charge in [-0.2, -0.15) is 13.2 Å². The number of amides is 1. The molecule has 146 valence electrons. The van der Waals surface area contributed by atoms with E-state index < -0.39 is 30.1 Å². The van der Waals surface area contributed by atoms with Gasteiger partial charge in [-0.3, -0.25) is 4.79 Å². The minimum atomic E-state index is -4.57. The number of hydrogen-bond donors (Lipinski definition) is 1. The lowest BCUT2D eigenvalue weighted by atomic mass is 10.1. The summed E-state index contributed by atoms with van der Waals surface area (Å²) in [6.07, 6.45) is -3.92. The lowest BCUT2D eigenvalue weighted by molar-refractivity contribution is -0.137. The van der Waals surface area contributed by atoms with Crippen molar-refractivity contribution in [2.45, 2.75) is 19.5 Å². The molecule has 0 heterocycles. The first-order valence-electron chi connectivity index (χ1n) is 7.92. The highest BCUT2D eigenvalue weighted by Crippen LogP contribution is 2.35. The summed E-state index contributed by atoms with van der Waals surface area (Å²) in [5.74, 6) is -1.10. The average Bonchev–Trinajstić information content (AvgIpc) is 2.60. The van der Waals surface area contributed by atoms with Crippen molar-refractivity contribution in [3.8, 4) is 11.5 Å². The van der Waals surface area contributed by atoms with Crippen molar-refractivity contribution in [1.29, 1.82) is 0 Å². The van der Waals surface area contributed by atoms with Crippen LogP contribution in [0, 0.1) is 5.82 Å². The first-order valence-corrected chi connectivity index (χ1v) is 8.30. The fraction of sp³-hybridized carbons (Fsp3) is 0.278. The number of ether oxygens (including phenoxy) is 2. The van der Waals surface area contributed by atoms with Gasteiger partial charge >= 0.3 is 6.18 Å². The fourth-order valence-electron chi connectivity index (χ4n) is 2.04. The summed E-state index contributed by atoms with van der Waals surface area (Å²) >= 11 is 5.61. The van der Waals surface area contributed by atoms with Gasteiger partial charge in [0.05, 0.1) is 22.9 Å². The highest BCUT2D eigenvalue weighted by Gasteiger charge is 2.31. The van der Waals surface area contributed by atoms with Gasteiger partial charge in [-0.1, -0.05) is 18.5 Å². The van der Waals surface area contributed by atoms with Crippen LogP contribution in [-0.2, 0) is 11.0 Å². The van der Waals surface area contributed by atoms with Gasteiger partial charge in [0.2, 0.25) is 0 Å². The van der Waals surface area contributed by atoms with Crippen molar-refractivity contribution in [2.75, 3.05) is 18.5 Å². The topological polar surface area (TPSA) is 47.6 Å². The Kier molecular flexibility index (Phi) is 6.90. The van der Waals surface area contributed by atoms with E-state index in [1.165, 1.54) is 12.1 Å². The highest BCUT2D eigenvalue weighted by molar-refractivity contribution is 6.30. The Balaban J connectivity index is 2.10. The molecule has 27 heavy (non-hydrogen) atoms. The molecule has 1 amide bonds. The summed E-state index contributed by atoms with van der Waals surface area (Å²) in [5, 5.41) is 2.15. The molecule has 0 saturated carbocycles. The smallest absolute Gasteiger partial charge is 0.416 e. The van der Waals surface area contributed by atoms with Gasteiger partial charge in [-0.25, -0.2) is 4.39 Å². The molecule has 0 bridgehead atoms. The van der Waals surface area contributed by atoms with Crippen LogP contribution in [0.25, 0.3) is 0 Å². The van der Waals surface area contributed by atoms with Crippen LogP contribution in [0.2, 0.25) is 5.02 Å². The Bertz CT molecular complexity index is 812. The molecule has 0 radical (unpaired) electrons. The quantitative estimate of drug-likeness (QED) is 0.635. The normalized spacial score (nSPS) is 11.2. The molecule has 0 aliphatic carbocycles. The Hall–Kier alpha value is -2.48. The number of halogens is 5. The first kappa shape index (κ1) is 20.8. The summed E-state index contributed by atoms with van der Waals surface area (Å²) in [7, 11) is 0. The Morgan fingerprint density at radius 2 is 1.89 bits per heavy atom. The maximum Gasteiger partial charge on any atom is 0.416 e. The van der Waals surface area contributed by atoms with Crippen molar-refractivity contribution in [2.24, 2.45) is 0 Å². The summed E-state index contributed by atoms with van der Waals surface area (Å²) in [5.41, 5.74) is -1.04. The molecule has 0 aliphatic heterocycles. The van der Waals surface area contributed by atoms with Gasteiger partial charge in [0.25, 0.3) is 5.91 Å². The molecule has 2 aromatic carbocycles. The van der Waals surface area contributed by atoms with Crippen LogP contribution in [0.5, 0.6) is 11.5 Å². The third kappa shape index (κ3) is 6.02. The van der Waals surface area contributed by atoms with Crippen molar-refractivity contribution in [3.63, 3.8) is 0 Å². The minimum Gasteiger partial charge on any atom is -0.491 e. The molecule has 0 aromatic heterocycles. The average molecular weight is 406 g/mol. The number of anilines is 1. The molecule has 0 spiro atoms. The molecular weight excluding hydrogens is 390 g/mol. The molecular formula is C18H16ClF4NO3. The van der Waals surface area contributed by atoms with Crippen LogP contribution in [0.4, 0.5) is 23.2 Å². The predicted octanol–water partition coefficient (Wildman–Crippen LogP) is 5.30. The van der Waals surface area contributed by atoms with E-state index >= 15 is 0 Å². The van der Waals surface area contributed by atoms with E-state index in [4.69, 9.17) is 21.1 Å². The van der Waals surface area contributed by atoms with Gasteiger partial charge in [0.15, 0.2) is 6.61 Å². The Morgan fingerprint density at radius 1 is 1.15 bits per heavy atom. The maximum atomic E-state index is 13.1. The number of hydrogen-bond acceptors (Lipinski definition) is 3. The molecule has 0 saturated heterocycles. The zero-order valence-electron chi connectivity index (χ0n) is 14.2. The zero-order chi connectivity index (χ0) is 20.0. The lowest BCUT2D eigenvalue weighted by Gasteiger charge is -2.15. The molecule has 0 unspecified atom stereocenters. The van der Waals surface area contributed by atoms with Crippen LogP contribution in [0.3, 0.4) is 0 Å². The summed E-state index contributed by atoms with van der Waals surface area (Å²) in [6, 6.07) is 6.34. The monoisotopic (exact) mass is 405 g/mol. The van der Waals surface area contributed by atoms with Crippen LogP contribution in [-0.4, -0.2) is 19.1 Å². The van der Waals surface area contributed by atoms with E-state index in [0.29, 0.717) is 6.42 Å². The number of benzene rings is 2. The molecule has 1 N–H and O–H groups in total. The lowest BCUT2D eigenvalue weighted by Crippen LogP contribution is -2.21. The van der Waals surface area contributed by atoms with E-state index in [9.17, 15) is 22.4 Å². The van der Waals surface area contributed by atoms with Gasteiger partial charge in [-0.15, -0.1) is 0 Å². The predicted molar refractivity (Wildman–Crippen MR) is 92.8 cm³/mol. The van der Waals surface area contributed by atoms with Gasteiger partial charge in [0.1, 0.15) is 17.3 Å². The highest BCUT2D eigenvalue weighted by atomic mass is 35.5. The van der Waals surface area contributed by atoms with Gasteiger partial charge in [-0.05, 0) is 36.8 Å². The molecule has 9 heteroatoms. The second-order valence-electron chi connectivity index (χ2n) is 5.47. The van der Waals surface area contributed by atoms with Gasteiger partial charge in [0, 0.05) is 6.07 Å². The second-order valence-corrected chi connectivity index (χ2v) is 5.88. The standard InChI is InChI=1S/C18H16ClF4NO3/c1-2-7-26-16-6-3-11(18(21,22)23)8-15(16)24-17(25)10-27-12-4-5-14(20)13(19)9-12/h3-6,8-9H,2,7,10H2,1H3,(H,24,25). The minimum absolute atomic E-state index is 0.114. The maximum absolute atomic E-state index is 13.1. The third-order valence-electron chi connectivity index (χ3n) is 3.30. The molecule has 0 aliphatic rings. The van der Waals surface area contributed by atoms with E-state index in [-0.39, 0.29) is 28.8 Å². The van der Waals surface area contributed by atoms with Crippen molar-refractivity contribution >= 4 is 23.2 Å². The van der Waals surface area contributed by atoms with Gasteiger partial charge < -0.3 is 14.8 Å². The second kappa shape index (κ2) is 8.94. The molecule has 0 atom stereocenters. The van der Waals surface area contributed by atoms with Crippen LogP contribution in [0.15, 0.2) is 36.4 Å². The molecule has 0 fully saturated rings. The summed E-state index contributed by atoms with van der Waals surface area (Å²) in [4.78, 5) is 12.0. The van der Waals surface area contributed by atoms with E-state index in [0.717, 1.165) is 24.3 Å². The van der Waals surface area contributed by atoms with Crippen molar-refractivity contribution in [3.05, 3.63) is 52.8 Å². The number of alkyl halides is 3. The molecule has 2 rings (SSSR count). The van der Waals surface area contributed by atoms with Crippen molar-refractivity contribution in [1.82, 2.24) is 0 Å². The largest absolute Gasteiger partial charge is 0.491 e. The summed E-state index contributed by atoms with van der Waals surface area (Å²) < 4.78 is 62.3. The SMILES string of the molecule is CCCOc1ccc(C(F)(F)F)cc1NC(=O)COc1ccc(F)c(Cl)c1. The number of carbonyl (C=O) groups excluding carboxylic acids is 1. The summed E-state index contributed by atoms with van der Waals surface area (Å²) in [6.45, 7) is 1.61. The Morgan fingerprint density at radius 3 is 2.52 bits per heavy atom. The van der Waals surface area contributed by atoms with E-state index in [1.807, 2.05) is 6.92 Å². The zero-order valence-corrected chi connectivity index (χ0v) is 15.0. The number of rotatable bonds is 7. The fourth-order valence-corrected chi connectivity index (χ4v) is 2.21. The Labute approximate surface area is 158 Å². The first-order chi connectivity index (χ1) is 12.7. The van der Waals surface area contributed by atoms with Crippen LogP contribution < -0.4 is 14.8 Å². The van der Waals surface area contributed by atoms with Crippen LogP contribution in [0.1, 0.15) is 18.9 Å². The number of nitrogens with one attached hydrogen (secondary N) is 1.